The van der Waals surface area contributed by atoms with Gasteiger partial charge in [-0.1, -0.05) is 35.3 Å². The molecular weight excluding hydrogens is 343 g/mol. The highest BCUT2D eigenvalue weighted by atomic mass is 35.5. The van der Waals surface area contributed by atoms with Crippen LogP contribution in [0.4, 0.5) is 0 Å². The zero-order valence-electron chi connectivity index (χ0n) is 11.8. The Balaban J connectivity index is 1.84. The van der Waals surface area contributed by atoms with E-state index in [1.807, 2.05) is 0 Å². The van der Waals surface area contributed by atoms with Crippen LogP contribution in [0.3, 0.4) is 0 Å². The lowest BCUT2D eigenvalue weighted by Crippen LogP contribution is -2.19. The van der Waals surface area contributed by atoms with Crippen molar-refractivity contribution >= 4 is 35.0 Å². The van der Waals surface area contributed by atoms with Crippen molar-refractivity contribution in [3.8, 4) is 11.5 Å². The summed E-state index contributed by atoms with van der Waals surface area (Å²) in [5.41, 5.74) is 0.213. The highest BCUT2D eigenvalue weighted by Crippen LogP contribution is 2.24. The number of benzene rings is 2. The van der Waals surface area contributed by atoms with E-state index in [0.29, 0.717) is 5.02 Å². The number of esters is 1. The third-order valence-electron chi connectivity index (χ3n) is 2.81. The van der Waals surface area contributed by atoms with Crippen molar-refractivity contribution in [3.05, 3.63) is 58.1 Å². The highest BCUT2D eigenvalue weighted by Gasteiger charge is 2.14. The van der Waals surface area contributed by atoms with Gasteiger partial charge in [0.15, 0.2) is 24.7 Å². The third-order valence-corrected chi connectivity index (χ3v) is 3.35. The van der Waals surface area contributed by atoms with E-state index < -0.39 is 25.0 Å². The first-order valence-corrected chi connectivity index (χ1v) is 7.27. The number of ether oxygens (including phenoxy) is 2. The molecule has 120 valence electrons. The molecule has 0 amide bonds. The first-order valence-electron chi connectivity index (χ1n) is 6.52. The molecule has 0 fully saturated rings. The van der Waals surface area contributed by atoms with Crippen LogP contribution in [0.25, 0.3) is 0 Å². The fourth-order valence-corrected chi connectivity index (χ4v) is 2.21. The van der Waals surface area contributed by atoms with E-state index in [4.69, 9.17) is 32.7 Å². The fraction of sp³-hybridized carbons (Fsp3) is 0.125. The molecule has 0 bridgehead atoms. The second-order valence-electron chi connectivity index (χ2n) is 4.46. The van der Waals surface area contributed by atoms with Crippen LogP contribution in [0.15, 0.2) is 42.5 Å². The van der Waals surface area contributed by atoms with E-state index in [1.165, 1.54) is 30.3 Å². The number of phenols is 1. The Labute approximate surface area is 142 Å². The Hall–Kier alpha value is -2.24. The summed E-state index contributed by atoms with van der Waals surface area (Å²) < 4.78 is 9.92. The largest absolute Gasteiger partial charge is 0.504 e. The summed E-state index contributed by atoms with van der Waals surface area (Å²) >= 11 is 11.6. The monoisotopic (exact) mass is 354 g/mol. The lowest BCUT2D eigenvalue weighted by atomic mass is 10.1. The summed E-state index contributed by atoms with van der Waals surface area (Å²) in [6.07, 6.45) is 0. The Kier molecular flexibility index (Phi) is 5.84. The van der Waals surface area contributed by atoms with Gasteiger partial charge in [0.2, 0.25) is 5.78 Å². The SMILES string of the molecule is O=C(COc1ccccc1O)OCC(=O)c1ccc(Cl)cc1Cl. The number of Topliss-reactive ketones (excluding diaryl/α,β-unsaturated/α-hetero) is 1. The summed E-state index contributed by atoms with van der Waals surface area (Å²) in [5, 5.41) is 10.1. The fourth-order valence-electron chi connectivity index (χ4n) is 1.70. The summed E-state index contributed by atoms with van der Waals surface area (Å²) in [7, 11) is 0. The molecule has 1 N–H and O–H groups in total. The Morgan fingerprint density at radius 1 is 1.04 bits per heavy atom. The molecule has 23 heavy (non-hydrogen) atoms. The van der Waals surface area contributed by atoms with Crippen molar-refractivity contribution in [2.75, 3.05) is 13.2 Å². The standard InChI is InChI=1S/C16H12Cl2O5/c17-10-5-6-11(12(18)7-10)14(20)8-23-16(21)9-22-15-4-2-1-3-13(15)19/h1-7,19H,8-9H2. The van der Waals surface area contributed by atoms with Gasteiger partial charge in [0.05, 0.1) is 5.02 Å². The van der Waals surface area contributed by atoms with E-state index >= 15 is 0 Å². The Morgan fingerprint density at radius 3 is 2.48 bits per heavy atom. The normalized spacial score (nSPS) is 10.2. The van der Waals surface area contributed by atoms with Crippen molar-refractivity contribution in [2.45, 2.75) is 0 Å². The highest BCUT2D eigenvalue weighted by molar-refractivity contribution is 6.36. The first kappa shape index (κ1) is 17.1. The molecule has 0 atom stereocenters. The number of rotatable bonds is 6. The van der Waals surface area contributed by atoms with Crippen molar-refractivity contribution in [1.82, 2.24) is 0 Å². The van der Waals surface area contributed by atoms with Crippen molar-refractivity contribution < 1.29 is 24.2 Å². The van der Waals surface area contributed by atoms with Gasteiger partial charge in [0, 0.05) is 10.6 Å². The number of carbonyl (C=O) groups excluding carboxylic acids is 2. The van der Waals surface area contributed by atoms with Gasteiger partial charge in [0.1, 0.15) is 0 Å². The van der Waals surface area contributed by atoms with Crippen LogP contribution in [-0.2, 0) is 9.53 Å². The molecule has 2 rings (SSSR count). The average molecular weight is 355 g/mol. The molecule has 0 saturated carbocycles. The van der Waals surface area contributed by atoms with Crippen LogP contribution in [0, 0.1) is 0 Å². The molecule has 0 aliphatic rings. The molecule has 0 heterocycles. The predicted molar refractivity (Wildman–Crippen MR) is 85.4 cm³/mol. The molecule has 5 nitrogen and oxygen atoms in total. The topological polar surface area (TPSA) is 72.8 Å². The Bertz CT molecular complexity index is 730. The zero-order valence-corrected chi connectivity index (χ0v) is 13.3. The average Bonchev–Trinajstić information content (AvgIpc) is 2.52. The molecule has 0 aliphatic heterocycles. The zero-order chi connectivity index (χ0) is 16.8. The number of para-hydroxylation sites is 2. The van der Waals surface area contributed by atoms with Crippen molar-refractivity contribution in [1.29, 1.82) is 0 Å². The molecule has 0 spiro atoms. The lowest BCUT2D eigenvalue weighted by Gasteiger charge is -2.08. The van der Waals surface area contributed by atoms with Crippen LogP contribution in [0.5, 0.6) is 11.5 Å². The van der Waals surface area contributed by atoms with E-state index in [2.05, 4.69) is 0 Å². The number of carbonyl (C=O) groups is 2. The molecule has 0 unspecified atom stereocenters. The van der Waals surface area contributed by atoms with Gasteiger partial charge in [-0.05, 0) is 30.3 Å². The van der Waals surface area contributed by atoms with Crippen molar-refractivity contribution in [2.24, 2.45) is 0 Å². The number of hydrogen-bond acceptors (Lipinski definition) is 5. The van der Waals surface area contributed by atoms with E-state index in [-0.39, 0.29) is 22.1 Å². The molecule has 0 saturated heterocycles. The molecule has 7 heteroatoms. The van der Waals surface area contributed by atoms with Gasteiger partial charge in [-0.15, -0.1) is 0 Å². The van der Waals surface area contributed by atoms with Gasteiger partial charge in [-0.3, -0.25) is 4.79 Å². The number of ketones is 1. The van der Waals surface area contributed by atoms with E-state index in [1.54, 1.807) is 12.1 Å². The molecule has 0 radical (unpaired) electrons. The smallest absolute Gasteiger partial charge is 0.344 e. The van der Waals surface area contributed by atoms with Gasteiger partial charge < -0.3 is 14.6 Å². The minimum atomic E-state index is -0.744. The van der Waals surface area contributed by atoms with Gasteiger partial charge >= 0.3 is 5.97 Å². The number of aromatic hydroxyl groups is 1. The summed E-state index contributed by atoms with van der Waals surface area (Å²) in [6.45, 7) is -0.899. The summed E-state index contributed by atoms with van der Waals surface area (Å²) in [4.78, 5) is 23.5. The molecule has 0 aliphatic carbocycles. The number of hydrogen-bond donors (Lipinski definition) is 1. The van der Waals surface area contributed by atoms with Crippen LogP contribution < -0.4 is 4.74 Å². The summed E-state index contributed by atoms with van der Waals surface area (Å²) in [6, 6.07) is 10.6. The van der Waals surface area contributed by atoms with Crippen LogP contribution in [0.2, 0.25) is 10.0 Å². The predicted octanol–water partition coefficient (Wildman–Crippen LogP) is 3.50. The molecule has 0 aromatic heterocycles. The minimum Gasteiger partial charge on any atom is -0.504 e. The van der Waals surface area contributed by atoms with E-state index in [9.17, 15) is 14.7 Å². The Morgan fingerprint density at radius 2 is 1.78 bits per heavy atom. The minimum absolute atomic E-state index is 0.0932. The van der Waals surface area contributed by atoms with E-state index in [0.717, 1.165) is 0 Å². The molecular formula is C16H12Cl2O5. The van der Waals surface area contributed by atoms with Gasteiger partial charge in [-0.25, -0.2) is 4.79 Å². The quantitative estimate of drug-likeness (QED) is 0.634. The second-order valence-corrected chi connectivity index (χ2v) is 5.31. The lowest BCUT2D eigenvalue weighted by molar-refractivity contribution is -0.144. The summed E-state index contributed by atoms with van der Waals surface area (Å²) in [5.74, 6) is -1.14. The first-order chi connectivity index (χ1) is 11.0. The maximum Gasteiger partial charge on any atom is 0.344 e. The van der Waals surface area contributed by atoms with Crippen LogP contribution in [0.1, 0.15) is 10.4 Å². The van der Waals surface area contributed by atoms with Crippen molar-refractivity contribution in [3.63, 3.8) is 0 Å². The second kappa shape index (κ2) is 7.85. The van der Waals surface area contributed by atoms with Gasteiger partial charge in [0.25, 0.3) is 0 Å². The van der Waals surface area contributed by atoms with Gasteiger partial charge in [-0.2, -0.15) is 0 Å². The number of phenolic OH excluding ortho intramolecular Hbond substituents is 1. The third kappa shape index (κ3) is 4.87. The maximum atomic E-state index is 11.9. The van der Waals surface area contributed by atoms with Crippen LogP contribution in [-0.4, -0.2) is 30.1 Å². The van der Waals surface area contributed by atoms with Crippen LogP contribution >= 0.6 is 23.2 Å². The maximum absolute atomic E-state index is 11.9. The molecule has 2 aromatic rings. The molecule has 2 aromatic carbocycles. The number of halogens is 2.